The normalized spacial score (nSPS) is 28.5. The largest absolute Gasteiger partial charge is 0.481 e. The molecule has 6 heteroatoms. The molecule has 2 saturated heterocycles. The SMILES string of the molecule is COc1cc(N2CCCC3(CC(CN(C)C)CO3)C2)ncn1. The minimum atomic E-state index is -0.00287. The van der Waals surface area contributed by atoms with Gasteiger partial charge in [0, 0.05) is 25.7 Å². The van der Waals surface area contributed by atoms with Gasteiger partial charge in [-0.3, -0.25) is 0 Å². The van der Waals surface area contributed by atoms with Gasteiger partial charge in [0.15, 0.2) is 0 Å². The summed E-state index contributed by atoms with van der Waals surface area (Å²) in [6.45, 7) is 3.91. The predicted octanol–water partition coefficient (Wildman–Crippen LogP) is 1.42. The first-order chi connectivity index (χ1) is 10.6. The van der Waals surface area contributed by atoms with Gasteiger partial charge in [0.2, 0.25) is 5.88 Å². The number of nitrogens with zero attached hydrogens (tertiary/aromatic N) is 4. The Labute approximate surface area is 132 Å². The molecule has 6 nitrogen and oxygen atoms in total. The van der Waals surface area contributed by atoms with Gasteiger partial charge in [0.05, 0.1) is 19.3 Å². The van der Waals surface area contributed by atoms with Crippen LogP contribution in [0.5, 0.6) is 5.88 Å². The molecule has 1 aromatic rings. The van der Waals surface area contributed by atoms with Crippen LogP contribution in [0.3, 0.4) is 0 Å². The van der Waals surface area contributed by atoms with Gasteiger partial charge in [-0.1, -0.05) is 0 Å². The molecule has 0 amide bonds. The lowest BCUT2D eigenvalue weighted by Gasteiger charge is -2.40. The molecule has 1 spiro atoms. The molecule has 0 saturated carbocycles. The van der Waals surface area contributed by atoms with Gasteiger partial charge >= 0.3 is 0 Å². The van der Waals surface area contributed by atoms with Crippen LogP contribution in [0.4, 0.5) is 5.82 Å². The average Bonchev–Trinajstić information content (AvgIpc) is 2.88. The van der Waals surface area contributed by atoms with E-state index in [1.807, 2.05) is 6.07 Å². The van der Waals surface area contributed by atoms with Crippen molar-refractivity contribution in [2.45, 2.75) is 24.9 Å². The van der Waals surface area contributed by atoms with Crippen LogP contribution in [-0.4, -0.2) is 67.9 Å². The number of methoxy groups -OCH3 is 1. The number of hydrogen-bond donors (Lipinski definition) is 0. The van der Waals surface area contributed by atoms with E-state index in [2.05, 4.69) is 33.9 Å². The second-order valence-electron chi connectivity index (χ2n) is 6.77. The van der Waals surface area contributed by atoms with E-state index in [0.717, 1.165) is 51.3 Å². The summed E-state index contributed by atoms with van der Waals surface area (Å²) in [7, 11) is 5.90. The van der Waals surface area contributed by atoms with Gasteiger partial charge in [-0.2, -0.15) is 0 Å². The van der Waals surface area contributed by atoms with E-state index >= 15 is 0 Å². The highest BCUT2D eigenvalue weighted by atomic mass is 16.5. The molecule has 1 aromatic heterocycles. The summed E-state index contributed by atoms with van der Waals surface area (Å²) in [6, 6.07) is 1.91. The van der Waals surface area contributed by atoms with Crippen LogP contribution < -0.4 is 9.64 Å². The lowest BCUT2D eigenvalue weighted by atomic mass is 9.86. The highest BCUT2D eigenvalue weighted by Gasteiger charge is 2.43. The lowest BCUT2D eigenvalue weighted by molar-refractivity contribution is -0.00731. The van der Waals surface area contributed by atoms with Gasteiger partial charge in [-0.05, 0) is 39.3 Å². The van der Waals surface area contributed by atoms with Gasteiger partial charge in [-0.15, -0.1) is 0 Å². The fraction of sp³-hybridized carbons (Fsp3) is 0.750. The van der Waals surface area contributed by atoms with E-state index in [1.54, 1.807) is 13.4 Å². The Balaban J connectivity index is 1.69. The molecule has 2 atom stereocenters. The first-order valence-corrected chi connectivity index (χ1v) is 8.00. The summed E-state index contributed by atoms with van der Waals surface area (Å²) in [6.07, 6.45) is 5.00. The zero-order valence-electron chi connectivity index (χ0n) is 13.8. The van der Waals surface area contributed by atoms with Crippen molar-refractivity contribution in [3.63, 3.8) is 0 Å². The Morgan fingerprint density at radius 3 is 3.09 bits per heavy atom. The summed E-state index contributed by atoms with van der Waals surface area (Å²) in [5.74, 6) is 2.18. The molecular formula is C16H26N4O2. The molecule has 22 heavy (non-hydrogen) atoms. The van der Waals surface area contributed by atoms with Crippen molar-refractivity contribution < 1.29 is 9.47 Å². The summed E-state index contributed by atoms with van der Waals surface area (Å²) < 4.78 is 11.5. The third kappa shape index (κ3) is 3.33. The molecular weight excluding hydrogens is 280 g/mol. The first kappa shape index (κ1) is 15.5. The number of ether oxygens (including phenoxy) is 2. The number of piperidine rings is 1. The van der Waals surface area contributed by atoms with Crippen molar-refractivity contribution in [3.8, 4) is 5.88 Å². The molecule has 2 fully saturated rings. The first-order valence-electron chi connectivity index (χ1n) is 8.00. The predicted molar refractivity (Wildman–Crippen MR) is 85.4 cm³/mol. The van der Waals surface area contributed by atoms with Crippen LogP contribution in [0.15, 0.2) is 12.4 Å². The average molecular weight is 306 g/mol. The smallest absolute Gasteiger partial charge is 0.218 e. The standard InChI is InChI=1S/C16H26N4O2/c1-19(2)9-13-8-16(22-10-13)5-4-6-20(11-16)14-7-15(21-3)18-12-17-14/h7,12-13H,4-6,8-11H2,1-3H3. The maximum absolute atomic E-state index is 6.26. The van der Waals surface area contributed by atoms with E-state index < -0.39 is 0 Å². The summed E-state index contributed by atoms with van der Waals surface area (Å²) in [5.41, 5.74) is -0.00287. The quantitative estimate of drug-likeness (QED) is 0.838. The molecule has 0 aromatic carbocycles. The third-order valence-corrected chi connectivity index (χ3v) is 4.61. The highest BCUT2D eigenvalue weighted by Crippen LogP contribution is 2.38. The topological polar surface area (TPSA) is 50.7 Å². The number of anilines is 1. The molecule has 3 heterocycles. The Morgan fingerprint density at radius 1 is 1.45 bits per heavy atom. The summed E-state index contributed by atoms with van der Waals surface area (Å²) in [5, 5.41) is 0. The van der Waals surface area contributed by atoms with Crippen LogP contribution in [0.1, 0.15) is 19.3 Å². The minimum absolute atomic E-state index is 0.00287. The van der Waals surface area contributed by atoms with E-state index in [9.17, 15) is 0 Å². The van der Waals surface area contributed by atoms with E-state index in [-0.39, 0.29) is 5.60 Å². The third-order valence-electron chi connectivity index (χ3n) is 4.61. The molecule has 2 aliphatic heterocycles. The molecule has 0 radical (unpaired) electrons. The maximum atomic E-state index is 6.26. The fourth-order valence-corrected chi connectivity index (χ4v) is 3.76. The number of hydrogen-bond acceptors (Lipinski definition) is 6. The molecule has 2 aliphatic rings. The van der Waals surface area contributed by atoms with E-state index in [1.165, 1.54) is 0 Å². The van der Waals surface area contributed by atoms with Crippen molar-refractivity contribution in [1.82, 2.24) is 14.9 Å². The monoisotopic (exact) mass is 306 g/mol. The molecule has 0 bridgehead atoms. The van der Waals surface area contributed by atoms with Crippen LogP contribution >= 0.6 is 0 Å². The zero-order chi connectivity index (χ0) is 15.6. The summed E-state index contributed by atoms with van der Waals surface area (Å²) >= 11 is 0. The van der Waals surface area contributed by atoms with Crippen LogP contribution in [-0.2, 0) is 4.74 Å². The Kier molecular flexibility index (Phi) is 4.49. The Hall–Kier alpha value is -1.40. The minimum Gasteiger partial charge on any atom is -0.481 e. The van der Waals surface area contributed by atoms with Crippen LogP contribution in [0, 0.1) is 5.92 Å². The van der Waals surface area contributed by atoms with Gasteiger partial charge in [0.25, 0.3) is 0 Å². The molecule has 2 unspecified atom stereocenters. The van der Waals surface area contributed by atoms with Crippen molar-refractivity contribution >= 4 is 5.82 Å². The second-order valence-corrected chi connectivity index (χ2v) is 6.77. The van der Waals surface area contributed by atoms with Crippen molar-refractivity contribution in [2.24, 2.45) is 5.92 Å². The van der Waals surface area contributed by atoms with Gasteiger partial charge in [-0.25, -0.2) is 9.97 Å². The van der Waals surface area contributed by atoms with Gasteiger partial charge in [0.1, 0.15) is 12.1 Å². The van der Waals surface area contributed by atoms with Crippen LogP contribution in [0.25, 0.3) is 0 Å². The maximum Gasteiger partial charge on any atom is 0.218 e. The van der Waals surface area contributed by atoms with Crippen LogP contribution in [0.2, 0.25) is 0 Å². The zero-order valence-corrected chi connectivity index (χ0v) is 13.8. The van der Waals surface area contributed by atoms with E-state index in [4.69, 9.17) is 9.47 Å². The lowest BCUT2D eigenvalue weighted by Crippen LogP contribution is -2.48. The van der Waals surface area contributed by atoms with Gasteiger partial charge < -0.3 is 19.3 Å². The molecule has 122 valence electrons. The molecule has 0 aliphatic carbocycles. The fourth-order valence-electron chi connectivity index (χ4n) is 3.76. The van der Waals surface area contributed by atoms with Crippen molar-refractivity contribution in [1.29, 1.82) is 0 Å². The molecule has 3 rings (SSSR count). The van der Waals surface area contributed by atoms with E-state index in [0.29, 0.717) is 11.8 Å². The Morgan fingerprint density at radius 2 is 2.32 bits per heavy atom. The molecule has 0 N–H and O–H groups in total. The highest BCUT2D eigenvalue weighted by molar-refractivity contribution is 5.42. The Bertz CT molecular complexity index is 511. The number of rotatable bonds is 4. The summed E-state index contributed by atoms with van der Waals surface area (Å²) in [4.78, 5) is 13.1. The van der Waals surface area contributed by atoms with Crippen molar-refractivity contribution in [2.75, 3.05) is 52.3 Å². The number of aromatic nitrogens is 2. The second kappa shape index (κ2) is 6.38. The van der Waals surface area contributed by atoms with Crippen molar-refractivity contribution in [3.05, 3.63) is 12.4 Å².